The zero-order valence-electron chi connectivity index (χ0n) is 36.9. The monoisotopic (exact) mass is 823 g/mol. The Morgan fingerprint density at radius 2 is 1.58 bits per heavy atom. The molecule has 2 aromatic carbocycles. The first-order chi connectivity index (χ1) is 28.1. The van der Waals surface area contributed by atoms with Gasteiger partial charge in [-0.05, 0) is 61.4 Å². The molecule has 0 saturated carbocycles. The zero-order chi connectivity index (χ0) is 43.8. The maximum atomic E-state index is 14.2. The molecular formula is C45H70N6O8. The molecule has 8 atom stereocenters. The lowest BCUT2D eigenvalue weighted by Gasteiger charge is -2.39. The van der Waals surface area contributed by atoms with E-state index in [9.17, 15) is 29.1 Å². The first kappa shape index (κ1) is 48.8. The molecule has 14 heteroatoms. The fourth-order valence-corrected chi connectivity index (χ4v) is 8.37. The Labute approximate surface area is 351 Å². The number of nitrogens with zero attached hydrogens (tertiary/aromatic N) is 3. The second-order valence-corrected chi connectivity index (χ2v) is 16.3. The van der Waals surface area contributed by atoms with Crippen LogP contribution in [0.2, 0.25) is 0 Å². The summed E-state index contributed by atoms with van der Waals surface area (Å²) in [6.45, 7) is 10.6. The van der Waals surface area contributed by atoms with E-state index in [-0.39, 0.29) is 48.9 Å². The van der Waals surface area contributed by atoms with Crippen molar-refractivity contribution in [2.24, 2.45) is 17.8 Å². The van der Waals surface area contributed by atoms with E-state index in [0.29, 0.717) is 32.4 Å². The number of likely N-dealkylation sites (tertiary alicyclic amines) is 1. The maximum Gasteiger partial charge on any atom is 0.326 e. The summed E-state index contributed by atoms with van der Waals surface area (Å²) < 4.78 is 11.8. The predicted molar refractivity (Wildman–Crippen MR) is 230 cm³/mol. The number of methoxy groups -OCH3 is 2. The zero-order valence-corrected chi connectivity index (χ0v) is 36.9. The van der Waals surface area contributed by atoms with Crippen LogP contribution in [0, 0.1) is 17.8 Å². The lowest BCUT2D eigenvalue weighted by molar-refractivity contribution is -0.147. The Morgan fingerprint density at radius 1 is 0.915 bits per heavy atom. The van der Waals surface area contributed by atoms with Crippen LogP contribution >= 0.6 is 0 Å². The fraction of sp³-hybridized carbons (Fsp3) is 0.622. The highest BCUT2D eigenvalue weighted by Gasteiger charge is 2.42. The topological polar surface area (TPSA) is 170 Å². The molecule has 4 amide bonds. The van der Waals surface area contributed by atoms with Gasteiger partial charge in [0.1, 0.15) is 6.04 Å². The summed E-state index contributed by atoms with van der Waals surface area (Å²) in [6, 6.07) is 14.8. The minimum absolute atomic E-state index is 0.00188. The second-order valence-electron chi connectivity index (χ2n) is 16.3. The van der Waals surface area contributed by atoms with E-state index in [0.717, 1.165) is 17.7 Å². The van der Waals surface area contributed by atoms with E-state index in [2.05, 4.69) is 28.1 Å². The summed E-state index contributed by atoms with van der Waals surface area (Å²) in [7, 11) is 8.53. The van der Waals surface area contributed by atoms with Gasteiger partial charge in [0.05, 0.1) is 49.2 Å². The van der Waals surface area contributed by atoms with Crippen molar-refractivity contribution in [1.82, 2.24) is 25.3 Å². The molecule has 14 nitrogen and oxygen atoms in total. The van der Waals surface area contributed by atoms with Crippen LogP contribution in [-0.4, -0.2) is 141 Å². The van der Waals surface area contributed by atoms with Gasteiger partial charge in [-0.25, -0.2) is 4.79 Å². The van der Waals surface area contributed by atoms with Gasteiger partial charge in [0.2, 0.25) is 23.6 Å². The van der Waals surface area contributed by atoms with Crippen LogP contribution in [0.15, 0.2) is 54.6 Å². The van der Waals surface area contributed by atoms with Gasteiger partial charge in [0.15, 0.2) is 0 Å². The molecule has 328 valence electrons. The van der Waals surface area contributed by atoms with E-state index >= 15 is 0 Å². The molecule has 1 aliphatic rings. The van der Waals surface area contributed by atoms with Crippen LogP contribution in [0.5, 0.6) is 0 Å². The average molecular weight is 823 g/mol. The first-order valence-electron chi connectivity index (χ1n) is 21.0. The molecule has 1 aliphatic heterocycles. The maximum absolute atomic E-state index is 14.2. The number of carbonyl (C=O) groups excluding carboxylic acids is 4. The number of likely N-dealkylation sites (N-methyl/N-ethyl adjacent to an activating group) is 2. The van der Waals surface area contributed by atoms with Gasteiger partial charge in [-0.1, -0.05) is 83.5 Å². The van der Waals surface area contributed by atoms with Crippen molar-refractivity contribution in [3.8, 4) is 0 Å². The van der Waals surface area contributed by atoms with Crippen LogP contribution in [0.25, 0.3) is 0 Å². The summed E-state index contributed by atoms with van der Waals surface area (Å²) >= 11 is 0. The molecule has 4 N–H and O–H groups in total. The molecule has 59 heavy (non-hydrogen) atoms. The predicted octanol–water partition coefficient (Wildman–Crippen LogP) is 4.08. The average Bonchev–Trinajstić information content (AvgIpc) is 3.71. The molecule has 0 spiro atoms. The molecule has 0 radical (unpaired) electrons. The second kappa shape index (κ2) is 23.9. The Balaban J connectivity index is 1.66. The van der Waals surface area contributed by atoms with Crippen LogP contribution in [0.3, 0.4) is 0 Å². The first-order valence-corrected chi connectivity index (χ1v) is 21.0. The summed E-state index contributed by atoms with van der Waals surface area (Å²) in [5, 5.41) is 18.6. The summed E-state index contributed by atoms with van der Waals surface area (Å²) in [4.78, 5) is 72.5. The largest absolute Gasteiger partial charge is 0.480 e. The van der Waals surface area contributed by atoms with Crippen molar-refractivity contribution in [2.45, 2.75) is 110 Å². The van der Waals surface area contributed by atoms with Crippen LogP contribution in [0.1, 0.15) is 71.4 Å². The molecule has 0 aromatic heterocycles. The number of nitrogens with one attached hydrogen (secondary N) is 3. The molecule has 0 aliphatic carbocycles. The smallest absolute Gasteiger partial charge is 0.326 e. The fourth-order valence-electron chi connectivity index (χ4n) is 8.37. The number of hydrogen-bond acceptors (Lipinski definition) is 9. The summed E-state index contributed by atoms with van der Waals surface area (Å²) in [5.41, 5.74) is 2.98. The summed E-state index contributed by atoms with van der Waals surface area (Å²) in [5.74, 6) is -3.12. The number of ether oxygens (including phenoxy) is 2. The highest BCUT2D eigenvalue weighted by molar-refractivity contribution is 5.88. The third kappa shape index (κ3) is 13.8. The number of rotatable bonds is 24. The standard InChI is InChI=1S/C45H70N6O8/c1-11-30(4)41(50(8)39(53)28-47-44(55)40(29(2)3)49(7)25-23-32-19-21-34(46-6)22-20-32)37(58-9)27-38(52)51-24-15-18-36(51)42(59-10)31(5)43(54)48-35(45(56)57)26-33-16-13-12-14-17-33/h12-14,16-17,19-22,29-31,35-37,40-42,46H,11,15,18,23-28H2,1-10H3,(H,47,55)(H,48,54)(H,56,57)/t30?,31?,35-,36?,37?,40?,41?,42?/m0/s1. The SMILES string of the molecule is CCC(C)C(C(CC(=O)N1CCCC1C(OC)C(C)C(=O)N[C@@H](Cc1ccccc1)C(=O)O)OC)N(C)C(=O)CNC(=O)C(C(C)C)N(C)CCc1ccc(NC)cc1. The molecular weight excluding hydrogens is 753 g/mol. The van der Waals surface area contributed by atoms with Crippen molar-refractivity contribution in [3.63, 3.8) is 0 Å². The Kier molecular flexibility index (Phi) is 19.8. The van der Waals surface area contributed by atoms with Gasteiger partial charge in [0.25, 0.3) is 0 Å². The number of benzene rings is 2. The Morgan fingerprint density at radius 3 is 2.14 bits per heavy atom. The van der Waals surface area contributed by atoms with Gasteiger partial charge in [0, 0.05) is 53.5 Å². The van der Waals surface area contributed by atoms with Gasteiger partial charge >= 0.3 is 5.97 Å². The third-order valence-corrected chi connectivity index (χ3v) is 12.0. The van der Waals surface area contributed by atoms with Crippen molar-refractivity contribution >= 4 is 35.3 Å². The number of hydrogen-bond donors (Lipinski definition) is 4. The normalized spacial score (nSPS) is 17.7. The van der Waals surface area contributed by atoms with Crippen LogP contribution < -0.4 is 16.0 Å². The quantitative estimate of drug-likeness (QED) is 0.121. The molecule has 1 heterocycles. The number of carbonyl (C=O) groups is 5. The number of anilines is 1. The molecule has 1 fully saturated rings. The number of aliphatic carboxylic acids is 1. The molecule has 7 unspecified atom stereocenters. The molecule has 1 saturated heterocycles. The van der Waals surface area contributed by atoms with Gasteiger partial charge in [-0.3, -0.25) is 24.1 Å². The van der Waals surface area contributed by atoms with E-state index < -0.39 is 54.2 Å². The highest BCUT2D eigenvalue weighted by atomic mass is 16.5. The van der Waals surface area contributed by atoms with Crippen molar-refractivity contribution in [3.05, 3.63) is 65.7 Å². The Hall–Kier alpha value is -4.53. The number of amides is 4. The molecule has 0 bridgehead atoms. The third-order valence-electron chi connectivity index (χ3n) is 12.0. The van der Waals surface area contributed by atoms with Gasteiger partial charge in [-0.15, -0.1) is 0 Å². The Bertz CT molecular complexity index is 1640. The molecule has 3 rings (SSSR count). The van der Waals surface area contributed by atoms with Crippen molar-refractivity contribution < 1.29 is 38.6 Å². The van der Waals surface area contributed by atoms with Crippen molar-refractivity contribution in [1.29, 1.82) is 0 Å². The minimum Gasteiger partial charge on any atom is -0.480 e. The van der Waals surface area contributed by atoms with Crippen LogP contribution in [0.4, 0.5) is 5.69 Å². The van der Waals surface area contributed by atoms with Crippen molar-refractivity contribution in [2.75, 3.05) is 60.3 Å². The molecule has 2 aromatic rings. The van der Waals surface area contributed by atoms with Gasteiger partial charge in [-0.2, -0.15) is 0 Å². The van der Waals surface area contributed by atoms with Gasteiger partial charge < -0.3 is 40.3 Å². The number of carboxylic acids is 1. The number of carboxylic acid groups (broad SMARTS) is 1. The van der Waals surface area contributed by atoms with E-state index in [1.807, 2.05) is 89.2 Å². The van der Waals surface area contributed by atoms with E-state index in [4.69, 9.17) is 9.47 Å². The van der Waals surface area contributed by atoms with Crippen LogP contribution in [-0.2, 0) is 46.3 Å². The minimum atomic E-state index is -1.14. The highest BCUT2D eigenvalue weighted by Crippen LogP contribution is 2.29. The summed E-state index contributed by atoms with van der Waals surface area (Å²) in [6.07, 6.45) is 1.57. The van der Waals surface area contributed by atoms with E-state index in [1.54, 1.807) is 23.8 Å². The lowest BCUT2D eigenvalue weighted by atomic mass is 9.90. The lowest BCUT2D eigenvalue weighted by Crippen LogP contribution is -2.55. The van der Waals surface area contributed by atoms with E-state index in [1.165, 1.54) is 19.8 Å².